The van der Waals surface area contributed by atoms with Gasteiger partial charge in [-0.15, -0.1) is 11.8 Å². The summed E-state index contributed by atoms with van der Waals surface area (Å²) in [5.74, 6) is 0.728. The first kappa shape index (κ1) is 15.2. The van der Waals surface area contributed by atoms with E-state index in [1.165, 1.54) is 24.1 Å². The minimum atomic E-state index is 0.582. The summed E-state index contributed by atoms with van der Waals surface area (Å²) in [7, 11) is 0. The standard InChI is InChI=1S/C14H19NS.C2H6/c1-11(8-13-6-4-3-5-7-13)9-14-15-12(2)10-16-14;1-2/h3-7,10-11,14-15H,8-9H2,1-2H3;1-2H3. The lowest BCUT2D eigenvalue weighted by Gasteiger charge is -2.17. The molecular weight excluding hydrogens is 238 g/mol. The van der Waals surface area contributed by atoms with Gasteiger partial charge in [0, 0.05) is 5.70 Å². The summed E-state index contributed by atoms with van der Waals surface area (Å²) in [6, 6.07) is 10.8. The maximum atomic E-state index is 3.49. The van der Waals surface area contributed by atoms with Crippen molar-refractivity contribution in [2.45, 2.75) is 45.9 Å². The van der Waals surface area contributed by atoms with E-state index in [1.807, 2.05) is 25.6 Å². The number of benzene rings is 1. The Morgan fingerprint density at radius 3 is 2.44 bits per heavy atom. The lowest BCUT2D eigenvalue weighted by atomic mass is 9.98. The zero-order valence-electron chi connectivity index (χ0n) is 11.9. The van der Waals surface area contributed by atoms with Crippen LogP contribution < -0.4 is 5.32 Å². The van der Waals surface area contributed by atoms with Crippen LogP contribution in [0.5, 0.6) is 0 Å². The Morgan fingerprint density at radius 2 is 1.89 bits per heavy atom. The van der Waals surface area contributed by atoms with Gasteiger partial charge in [-0.2, -0.15) is 0 Å². The summed E-state index contributed by atoms with van der Waals surface area (Å²) in [5.41, 5.74) is 2.75. The molecule has 1 nitrogen and oxygen atoms in total. The first-order chi connectivity index (χ1) is 8.74. The second-order valence-electron chi connectivity index (χ2n) is 4.60. The molecule has 0 bridgehead atoms. The van der Waals surface area contributed by atoms with Gasteiger partial charge in [-0.3, -0.25) is 0 Å². The van der Waals surface area contributed by atoms with Gasteiger partial charge in [0.1, 0.15) is 0 Å². The highest BCUT2D eigenvalue weighted by Crippen LogP contribution is 2.26. The SMILES string of the molecule is CC.CC1=CSC(CC(C)Cc2ccccc2)N1. The van der Waals surface area contributed by atoms with E-state index in [9.17, 15) is 0 Å². The van der Waals surface area contributed by atoms with Crippen molar-refractivity contribution in [1.82, 2.24) is 5.32 Å². The molecule has 100 valence electrons. The molecule has 18 heavy (non-hydrogen) atoms. The van der Waals surface area contributed by atoms with E-state index in [-0.39, 0.29) is 0 Å². The molecule has 0 saturated heterocycles. The maximum absolute atomic E-state index is 3.49. The molecule has 1 heterocycles. The third kappa shape index (κ3) is 5.18. The Hall–Kier alpha value is -0.890. The summed E-state index contributed by atoms with van der Waals surface area (Å²) in [6.07, 6.45) is 2.41. The average molecular weight is 263 g/mol. The molecule has 1 N–H and O–H groups in total. The minimum absolute atomic E-state index is 0.582. The quantitative estimate of drug-likeness (QED) is 0.837. The van der Waals surface area contributed by atoms with Crippen molar-refractivity contribution in [2.24, 2.45) is 5.92 Å². The lowest BCUT2D eigenvalue weighted by molar-refractivity contribution is 0.499. The molecule has 1 aromatic carbocycles. The zero-order valence-corrected chi connectivity index (χ0v) is 12.8. The van der Waals surface area contributed by atoms with Gasteiger partial charge in [-0.1, -0.05) is 51.1 Å². The Bertz CT molecular complexity index is 359. The van der Waals surface area contributed by atoms with Gasteiger partial charge >= 0.3 is 0 Å². The Labute approximate surface area is 116 Å². The predicted molar refractivity (Wildman–Crippen MR) is 83.5 cm³/mol. The number of hydrogen-bond acceptors (Lipinski definition) is 2. The predicted octanol–water partition coefficient (Wildman–Crippen LogP) is 4.81. The molecule has 2 unspecified atom stereocenters. The number of hydrogen-bond donors (Lipinski definition) is 1. The second kappa shape index (κ2) is 8.25. The Balaban J connectivity index is 0.000000771. The van der Waals surface area contributed by atoms with E-state index in [2.05, 4.69) is 54.9 Å². The van der Waals surface area contributed by atoms with Gasteiger partial charge in [-0.05, 0) is 36.7 Å². The third-order valence-corrected chi connectivity index (χ3v) is 3.97. The molecule has 2 rings (SSSR count). The van der Waals surface area contributed by atoms with Crippen molar-refractivity contribution in [3.05, 3.63) is 47.0 Å². The van der Waals surface area contributed by atoms with Crippen LogP contribution in [0.15, 0.2) is 41.4 Å². The fourth-order valence-electron chi connectivity index (χ4n) is 2.09. The third-order valence-electron chi connectivity index (χ3n) is 2.84. The minimum Gasteiger partial charge on any atom is -0.376 e. The van der Waals surface area contributed by atoms with Gasteiger partial charge in [0.05, 0.1) is 5.37 Å². The molecule has 0 aromatic heterocycles. The maximum Gasteiger partial charge on any atom is 0.0763 e. The summed E-state index contributed by atoms with van der Waals surface area (Å²) < 4.78 is 0. The van der Waals surface area contributed by atoms with Crippen LogP contribution in [0.2, 0.25) is 0 Å². The summed E-state index contributed by atoms with van der Waals surface area (Å²) >= 11 is 1.92. The highest BCUT2D eigenvalue weighted by Gasteiger charge is 2.17. The van der Waals surface area contributed by atoms with E-state index in [4.69, 9.17) is 0 Å². The number of allylic oxidation sites excluding steroid dienone is 1. The van der Waals surface area contributed by atoms with Gasteiger partial charge in [0.2, 0.25) is 0 Å². The highest BCUT2D eigenvalue weighted by molar-refractivity contribution is 8.02. The Kier molecular flexibility index (Phi) is 6.96. The van der Waals surface area contributed by atoms with Gasteiger partial charge in [-0.25, -0.2) is 0 Å². The molecule has 0 amide bonds. The first-order valence-electron chi connectivity index (χ1n) is 6.87. The topological polar surface area (TPSA) is 12.0 Å². The molecule has 1 aromatic rings. The number of nitrogens with one attached hydrogen (secondary N) is 1. The molecule has 0 radical (unpaired) electrons. The van der Waals surface area contributed by atoms with Gasteiger partial charge < -0.3 is 5.32 Å². The van der Waals surface area contributed by atoms with Crippen LogP contribution in [-0.4, -0.2) is 5.37 Å². The molecule has 0 saturated carbocycles. The van der Waals surface area contributed by atoms with Crippen molar-refractivity contribution >= 4 is 11.8 Å². The van der Waals surface area contributed by atoms with E-state index in [0.29, 0.717) is 5.37 Å². The van der Waals surface area contributed by atoms with Crippen LogP contribution in [0.1, 0.15) is 39.7 Å². The van der Waals surface area contributed by atoms with Crippen molar-refractivity contribution in [1.29, 1.82) is 0 Å². The van der Waals surface area contributed by atoms with Crippen LogP contribution in [0.25, 0.3) is 0 Å². The van der Waals surface area contributed by atoms with Gasteiger partial charge in [0.15, 0.2) is 0 Å². The second-order valence-corrected chi connectivity index (χ2v) is 5.68. The summed E-state index contributed by atoms with van der Waals surface area (Å²) in [4.78, 5) is 0. The zero-order chi connectivity index (χ0) is 13.4. The Morgan fingerprint density at radius 1 is 1.22 bits per heavy atom. The normalized spacial score (nSPS) is 19.3. The number of rotatable bonds is 4. The lowest BCUT2D eigenvalue weighted by Crippen LogP contribution is -2.22. The molecule has 0 fully saturated rings. The van der Waals surface area contributed by atoms with Crippen molar-refractivity contribution in [2.75, 3.05) is 0 Å². The molecule has 2 heteroatoms. The van der Waals surface area contributed by atoms with E-state index in [1.54, 1.807) is 0 Å². The molecule has 1 aliphatic heterocycles. The van der Waals surface area contributed by atoms with E-state index < -0.39 is 0 Å². The van der Waals surface area contributed by atoms with Crippen LogP contribution in [0.3, 0.4) is 0 Å². The average Bonchev–Trinajstić information content (AvgIpc) is 2.78. The van der Waals surface area contributed by atoms with Crippen LogP contribution in [-0.2, 0) is 6.42 Å². The van der Waals surface area contributed by atoms with Gasteiger partial charge in [0.25, 0.3) is 0 Å². The first-order valence-corrected chi connectivity index (χ1v) is 7.81. The van der Waals surface area contributed by atoms with Crippen LogP contribution in [0.4, 0.5) is 0 Å². The fourth-order valence-corrected chi connectivity index (χ4v) is 3.22. The fraction of sp³-hybridized carbons (Fsp3) is 0.500. The number of thioether (sulfide) groups is 1. The highest BCUT2D eigenvalue weighted by atomic mass is 32.2. The van der Waals surface area contributed by atoms with Crippen molar-refractivity contribution in [3.63, 3.8) is 0 Å². The summed E-state index contributed by atoms with van der Waals surface area (Å²) in [6.45, 7) is 8.47. The van der Waals surface area contributed by atoms with Crippen LogP contribution in [0, 0.1) is 5.92 Å². The summed E-state index contributed by atoms with van der Waals surface area (Å²) in [5, 5.41) is 6.30. The molecule has 2 atom stereocenters. The monoisotopic (exact) mass is 263 g/mol. The van der Waals surface area contributed by atoms with Crippen molar-refractivity contribution in [3.8, 4) is 0 Å². The van der Waals surface area contributed by atoms with Crippen LogP contribution >= 0.6 is 11.8 Å². The molecule has 0 aliphatic carbocycles. The smallest absolute Gasteiger partial charge is 0.0763 e. The van der Waals surface area contributed by atoms with E-state index >= 15 is 0 Å². The largest absolute Gasteiger partial charge is 0.376 e. The molecule has 0 spiro atoms. The molecular formula is C16H25NS. The molecule has 1 aliphatic rings. The van der Waals surface area contributed by atoms with E-state index in [0.717, 1.165) is 5.92 Å². The van der Waals surface area contributed by atoms with Crippen molar-refractivity contribution < 1.29 is 0 Å².